The number of benzene rings is 1. The van der Waals surface area contributed by atoms with E-state index in [-0.39, 0.29) is 5.82 Å². The highest BCUT2D eigenvalue weighted by atomic mass is 19.1. The van der Waals surface area contributed by atoms with Gasteiger partial charge in [0, 0.05) is 24.3 Å². The Morgan fingerprint density at radius 2 is 1.70 bits per heavy atom. The summed E-state index contributed by atoms with van der Waals surface area (Å²) in [5.41, 5.74) is 1.24. The van der Waals surface area contributed by atoms with Crippen molar-refractivity contribution in [1.29, 1.82) is 0 Å². The summed E-state index contributed by atoms with van der Waals surface area (Å²) >= 11 is 0. The van der Waals surface area contributed by atoms with Gasteiger partial charge in [0.05, 0.1) is 5.56 Å². The summed E-state index contributed by atoms with van der Waals surface area (Å²) in [7, 11) is 0. The highest BCUT2D eigenvalue weighted by molar-refractivity contribution is 5.60. The molecular formula is C15H11FN4. The van der Waals surface area contributed by atoms with Gasteiger partial charge in [-0.15, -0.1) is 0 Å². The van der Waals surface area contributed by atoms with Crippen LogP contribution in [-0.4, -0.2) is 15.0 Å². The van der Waals surface area contributed by atoms with Crippen molar-refractivity contribution in [2.45, 2.75) is 0 Å². The van der Waals surface area contributed by atoms with E-state index >= 15 is 0 Å². The minimum atomic E-state index is -0.339. The molecule has 4 nitrogen and oxygen atoms in total. The second-order valence-corrected chi connectivity index (χ2v) is 4.11. The van der Waals surface area contributed by atoms with Gasteiger partial charge in [-0.05, 0) is 30.3 Å². The van der Waals surface area contributed by atoms with Crippen molar-refractivity contribution in [2.75, 3.05) is 5.32 Å². The zero-order valence-corrected chi connectivity index (χ0v) is 10.5. The Morgan fingerprint density at radius 1 is 0.900 bits per heavy atom. The highest BCUT2D eigenvalue weighted by Crippen LogP contribution is 2.20. The van der Waals surface area contributed by atoms with Crippen LogP contribution in [0.3, 0.4) is 0 Å². The van der Waals surface area contributed by atoms with Crippen molar-refractivity contribution in [1.82, 2.24) is 15.0 Å². The van der Waals surface area contributed by atoms with Crippen LogP contribution in [0.2, 0.25) is 0 Å². The van der Waals surface area contributed by atoms with E-state index in [0.29, 0.717) is 17.2 Å². The second kappa shape index (κ2) is 5.44. The van der Waals surface area contributed by atoms with Crippen LogP contribution in [-0.2, 0) is 0 Å². The lowest BCUT2D eigenvalue weighted by molar-refractivity contribution is 0.630. The SMILES string of the molecule is Fc1ccccc1-c1nccc(Nc2ccncc2)n1. The third-order valence-electron chi connectivity index (χ3n) is 2.72. The number of aromatic nitrogens is 3. The number of hydrogen-bond acceptors (Lipinski definition) is 4. The minimum Gasteiger partial charge on any atom is -0.340 e. The molecule has 2 aromatic heterocycles. The summed E-state index contributed by atoms with van der Waals surface area (Å²) < 4.78 is 13.7. The van der Waals surface area contributed by atoms with Gasteiger partial charge in [-0.25, -0.2) is 14.4 Å². The molecule has 0 atom stereocenters. The number of rotatable bonds is 3. The van der Waals surface area contributed by atoms with Crippen molar-refractivity contribution in [3.05, 3.63) is 66.9 Å². The summed E-state index contributed by atoms with van der Waals surface area (Å²) in [6.45, 7) is 0. The number of hydrogen-bond donors (Lipinski definition) is 1. The lowest BCUT2D eigenvalue weighted by Gasteiger charge is -2.07. The van der Waals surface area contributed by atoms with E-state index in [4.69, 9.17) is 0 Å². The van der Waals surface area contributed by atoms with Gasteiger partial charge in [0.15, 0.2) is 5.82 Å². The van der Waals surface area contributed by atoms with Crippen LogP contribution in [0, 0.1) is 5.82 Å². The number of nitrogens with zero attached hydrogens (tertiary/aromatic N) is 3. The van der Waals surface area contributed by atoms with E-state index in [2.05, 4.69) is 20.3 Å². The van der Waals surface area contributed by atoms with Gasteiger partial charge in [0.1, 0.15) is 11.6 Å². The Labute approximate surface area is 115 Å². The Kier molecular flexibility index (Phi) is 3.33. The maximum absolute atomic E-state index is 13.7. The number of pyridine rings is 1. The molecule has 0 saturated carbocycles. The monoisotopic (exact) mass is 266 g/mol. The van der Waals surface area contributed by atoms with E-state index < -0.39 is 0 Å². The molecule has 0 bridgehead atoms. The van der Waals surface area contributed by atoms with Gasteiger partial charge in [-0.3, -0.25) is 4.98 Å². The molecule has 1 aromatic carbocycles. The molecule has 98 valence electrons. The van der Waals surface area contributed by atoms with Crippen LogP contribution in [0.15, 0.2) is 61.1 Å². The van der Waals surface area contributed by atoms with Crippen molar-refractivity contribution in [3.63, 3.8) is 0 Å². The molecule has 3 rings (SSSR count). The largest absolute Gasteiger partial charge is 0.340 e. The summed E-state index contributed by atoms with van der Waals surface area (Å²) in [6, 6.07) is 11.8. The summed E-state index contributed by atoms with van der Waals surface area (Å²) in [5.74, 6) is 0.611. The fourth-order valence-corrected chi connectivity index (χ4v) is 1.78. The lowest BCUT2D eigenvalue weighted by atomic mass is 10.2. The van der Waals surface area contributed by atoms with Crippen molar-refractivity contribution >= 4 is 11.5 Å². The molecule has 0 aliphatic heterocycles. The lowest BCUT2D eigenvalue weighted by Crippen LogP contribution is -1.97. The van der Waals surface area contributed by atoms with Crippen LogP contribution in [0.25, 0.3) is 11.4 Å². The van der Waals surface area contributed by atoms with Gasteiger partial charge in [0.2, 0.25) is 0 Å². The minimum absolute atomic E-state index is 0.339. The van der Waals surface area contributed by atoms with Gasteiger partial charge < -0.3 is 5.32 Å². The Morgan fingerprint density at radius 3 is 2.50 bits per heavy atom. The maximum Gasteiger partial charge on any atom is 0.164 e. The van der Waals surface area contributed by atoms with Crippen LogP contribution < -0.4 is 5.32 Å². The standard InChI is InChI=1S/C15H11FN4/c16-13-4-2-1-3-12(13)15-18-10-7-14(20-15)19-11-5-8-17-9-6-11/h1-10H,(H,17,18,19,20). The molecule has 20 heavy (non-hydrogen) atoms. The number of halogens is 1. The third kappa shape index (κ3) is 2.61. The van der Waals surface area contributed by atoms with E-state index in [1.165, 1.54) is 6.07 Å². The highest BCUT2D eigenvalue weighted by Gasteiger charge is 2.07. The molecule has 0 saturated heterocycles. The smallest absolute Gasteiger partial charge is 0.164 e. The first-order valence-electron chi connectivity index (χ1n) is 6.08. The predicted octanol–water partition coefficient (Wildman–Crippen LogP) is 3.42. The summed E-state index contributed by atoms with van der Waals surface area (Å²) in [5, 5.41) is 3.12. The van der Waals surface area contributed by atoms with Crippen LogP contribution in [0.1, 0.15) is 0 Å². The molecule has 0 amide bonds. The zero-order chi connectivity index (χ0) is 13.8. The molecular weight excluding hydrogens is 255 g/mol. The second-order valence-electron chi connectivity index (χ2n) is 4.11. The van der Waals surface area contributed by atoms with Crippen LogP contribution in [0.5, 0.6) is 0 Å². The van der Waals surface area contributed by atoms with Crippen LogP contribution >= 0.6 is 0 Å². The fraction of sp³-hybridized carbons (Fsp3) is 0. The van der Waals surface area contributed by atoms with Gasteiger partial charge in [0.25, 0.3) is 0 Å². The molecule has 0 fully saturated rings. The molecule has 0 radical (unpaired) electrons. The van der Waals surface area contributed by atoms with E-state index in [1.54, 1.807) is 42.9 Å². The maximum atomic E-state index is 13.7. The molecule has 1 N–H and O–H groups in total. The van der Waals surface area contributed by atoms with E-state index in [9.17, 15) is 4.39 Å². The summed E-state index contributed by atoms with van der Waals surface area (Å²) in [6.07, 6.45) is 4.96. The van der Waals surface area contributed by atoms with Gasteiger partial charge in [-0.2, -0.15) is 0 Å². The Bertz CT molecular complexity index is 716. The average Bonchev–Trinajstić information content (AvgIpc) is 2.49. The van der Waals surface area contributed by atoms with E-state index in [0.717, 1.165) is 5.69 Å². The third-order valence-corrected chi connectivity index (χ3v) is 2.72. The molecule has 0 aliphatic rings. The topological polar surface area (TPSA) is 50.7 Å². The molecule has 0 aliphatic carbocycles. The van der Waals surface area contributed by atoms with Gasteiger partial charge in [-0.1, -0.05) is 12.1 Å². The zero-order valence-electron chi connectivity index (χ0n) is 10.5. The first-order chi connectivity index (χ1) is 9.83. The first-order valence-corrected chi connectivity index (χ1v) is 6.08. The fourth-order valence-electron chi connectivity index (χ4n) is 1.78. The predicted molar refractivity (Wildman–Crippen MR) is 74.9 cm³/mol. The number of anilines is 2. The first kappa shape index (κ1) is 12.2. The van der Waals surface area contributed by atoms with Gasteiger partial charge >= 0.3 is 0 Å². The molecule has 3 aromatic rings. The Balaban J connectivity index is 1.92. The molecule has 5 heteroatoms. The molecule has 0 unspecified atom stereocenters. The Hall–Kier alpha value is -2.82. The average molecular weight is 266 g/mol. The van der Waals surface area contributed by atoms with E-state index in [1.807, 2.05) is 12.1 Å². The van der Waals surface area contributed by atoms with Crippen molar-refractivity contribution < 1.29 is 4.39 Å². The number of nitrogens with one attached hydrogen (secondary N) is 1. The normalized spacial score (nSPS) is 10.2. The van der Waals surface area contributed by atoms with Crippen molar-refractivity contribution in [2.24, 2.45) is 0 Å². The van der Waals surface area contributed by atoms with Crippen LogP contribution in [0.4, 0.5) is 15.9 Å². The molecule has 0 spiro atoms. The summed E-state index contributed by atoms with van der Waals surface area (Å²) in [4.78, 5) is 12.4. The molecule has 2 heterocycles. The van der Waals surface area contributed by atoms with Crippen molar-refractivity contribution in [3.8, 4) is 11.4 Å². The quantitative estimate of drug-likeness (QED) is 0.789.